The van der Waals surface area contributed by atoms with Gasteiger partial charge in [-0.3, -0.25) is 9.80 Å². The van der Waals surface area contributed by atoms with Crippen molar-refractivity contribution in [2.45, 2.75) is 25.9 Å². The molecular formula is C14H22N2S2. The molecule has 0 unspecified atom stereocenters. The number of thiophene rings is 1. The zero-order chi connectivity index (χ0) is 12.2. The Balaban J connectivity index is 1.52. The maximum Gasteiger partial charge on any atom is 0.0328 e. The first kappa shape index (κ1) is 13.0. The van der Waals surface area contributed by atoms with Crippen LogP contribution in [0.2, 0.25) is 0 Å². The molecule has 0 amide bonds. The van der Waals surface area contributed by atoms with Crippen molar-refractivity contribution in [1.82, 2.24) is 9.80 Å². The molecular weight excluding hydrogens is 260 g/mol. The van der Waals surface area contributed by atoms with Crippen LogP contribution in [-0.2, 0) is 13.1 Å². The molecule has 3 heterocycles. The molecule has 0 aliphatic carbocycles. The molecule has 2 aliphatic heterocycles. The lowest BCUT2D eigenvalue weighted by Gasteiger charge is -2.25. The van der Waals surface area contributed by atoms with Crippen molar-refractivity contribution in [3.05, 3.63) is 21.9 Å². The lowest BCUT2D eigenvalue weighted by Crippen LogP contribution is -2.31. The molecule has 0 aromatic carbocycles. The number of nitrogens with zero attached hydrogens (tertiary/aromatic N) is 2. The molecule has 2 saturated heterocycles. The van der Waals surface area contributed by atoms with E-state index in [1.165, 1.54) is 69.2 Å². The van der Waals surface area contributed by atoms with Crippen LogP contribution in [0, 0.1) is 0 Å². The largest absolute Gasteiger partial charge is 0.299 e. The van der Waals surface area contributed by atoms with Crippen LogP contribution in [-0.4, -0.2) is 47.5 Å². The van der Waals surface area contributed by atoms with Gasteiger partial charge in [-0.15, -0.1) is 11.3 Å². The van der Waals surface area contributed by atoms with Gasteiger partial charge in [-0.1, -0.05) is 0 Å². The normalized spacial score (nSPS) is 22.7. The Morgan fingerprint density at radius 3 is 2.44 bits per heavy atom. The van der Waals surface area contributed by atoms with Gasteiger partial charge < -0.3 is 0 Å². The van der Waals surface area contributed by atoms with Gasteiger partial charge in [0.15, 0.2) is 0 Å². The Morgan fingerprint density at radius 1 is 0.944 bits per heavy atom. The predicted molar refractivity (Wildman–Crippen MR) is 81.4 cm³/mol. The minimum Gasteiger partial charge on any atom is -0.299 e. The Kier molecular flexibility index (Phi) is 4.63. The summed E-state index contributed by atoms with van der Waals surface area (Å²) >= 11 is 4.04. The van der Waals surface area contributed by atoms with Crippen molar-refractivity contribution in [3.8, 4) is 0 Å². The van der Waals surface area contributed by atoms with Gasteiger partial charge in [-0.05, 0) is 42.9 Å². The standard InChI is InChI=1S/C14H22N2S2/c1-2-4-15(3-1)10-13-9-14(18-12-13)11-16-5-7-17-8-6-16/h9,12H,1-8,10-11H2. The average molecular weight is 282 g/mol. The molecule has 0 N–H and O–H groups in total. The highest BCUT2D eigenvalue weighted by molar-refractivity contribution is 7.99. The smallest absolute Gasteiger partial charge is 0.0328 e. The van der Waals surface area contributed by atoms with E-state index in [2.05, 4.69) is 33.0 Å². The molecule has 2 fully saturated rings. The van der Waals surface area contributed by atoms with Crippen LogP contribution in [0.25, 0.3) is 0 Å². The summed E-state index contributed by atoms with van der Waals surface area (Å²) in [6.45, 7) is 7.48. The summed E-state index contributed by atoms with van der Waals surface area (Å²) in [6.07, 6.45) is 2.78. The van der Waals surface area contributed by atoms with E-state index in [-0.39, 0.29) is 0 Å². The third-order valence-electron chi connectivity index (χ3n) is 3.80. The molecule has 0 radical (unpaired) electrons. The molecule has 4 heteroatoms. The maximum atomic E-state index is 2.60. The van der Waals surface area contributed by atoms with Crippen LogP contribution in [0.5, 0.6) is 0 Å². The molecule has 0 bridgehead atoms. The number of hydrogen-bond donors (Lipinski definition) is 0. The SMILES string of the molecule is c1sc(CN2CCSCC2)cc1CN1CCCC1. The van der Waals surface area contributed by atoms with Gasteiger partial charge in [0.25, 0.3) is 0 Å². The molecule has 0 saturated carbocycles. The third kappa shape index (κ3) is 3.50. The number of likely N-dealkylation sites (tertiary alicyclic amines) is 1. The van der Waals surface area contributed by atoms with Gasteiger partial charge in [0, 0.05) is 42.6 Å². The predicted octanol–water partition coefficient (Wildman–Crippen LogP) is 2.89. The van der Waals surface area contributed by atoms with Crippen LogP contribution in [0.15, 0.2) is 11.4 Å². The summed E-state index contributed by atoms with van der Waals surface area (Å²) in [6, 6.07) is 2.44. The summed E-state index contributed by atoms with van der Waals surface area (Å²) < 4.78 is 0. The molecule has 2 aliphatic rings. The minimum atomic E-state index is 1.17. The average Bonchev–Trinajstić information content (AvgIpc) is 3.03. The Labute approximate surface area is 118 Å². The highest BCUT2D eigenvalue weighted by Crippen LogP contribution is 2.21. The molecule has 0 spiro atoms. The van der Waals surface area contributed by atoms with Gasteiger partial charge in [0.05, 0.1) is 0 Å². The molecule has 0 atom stereocenters. The molecule has 3 rings (SSSR count). The fourth-order valence-corrected chi connectivity index (χ4v) is 4.67. The Morgan fingerprint density at radius 2 is 1.67 bits per heavy atom. The van der Waals surface area contributed by atoms with Crippen LogP contribution in [0.3, 0.4) is 0 Å². The molecule has 1 aromatic rings. The summed E-state index contributed by atoms with van der Waals surface area (Å²) in [7, 11) is 0. The third-order valence-corrected chi connectivity index (χ3v) is 5.71. The van der Waals surface area contributed by atoms with Crippen molar-refractivity contribution >= 4 is 23.1 Å². The monoisotopic (exact) mass is 282 g/mol. The van der Waals surface area contributed by atoms with Crippen molar-refractivity contribution in [1.29, 1.82) is 0 Å². The van der Waals surface area contributed by atoms with Crippen molar-refractivity contribution in [3.63, 3.8) is 0 Å². The lowest BCUT2D eigenvalue weighted by molar-refractivity contribution is 0.297. The highest BCUT2D eigenvalue weighted by atomic mass is 32.2. The zero-order valence-electron chi connectivity index (χ0n) is 10.9. The van der Waals surface area contributed by atoms with Crippen LogP contribution >= 0.6 is 23.1 Å². The first-order chi connectivity index (χ1) is 8.90. The summed E-state index contributed by atoms with van der Waals surface area (Å²) in [5.41, 5.74) is 1.53. The Hall–Kier alpha value is -0.0300. The van der Waals surface area contributed by atoms with E-state index in [1.807, 2.05) is 11.3 Å². The summed E-state index contributed by atoms with van der Waals surface area (Å²) in [4.78, 5) is 6.74. The van der Waals surface area contributed by atoms with E-state index in [9.17, 15) is 0 Å². The number of hydrogen-bond acceptors (Lipinski definition) is 4. The fourth-order valence-electron chi connectivity index (χ4n) is 2.77. The van der Waals surface area contributed by atoms with Gasteiger partial charge >= 0.3 is 0 Å². The van der Waals surface area contributed by atoms with Gasteiger partial charge in [-0.25, -0.2) is 0 Å². The van der Waals surface area contributed by atoms with E-state index in [0.29, 0.717) is 0 Å². The van der Waals surface area contributed by atoms with Crippen LogP contribution in [0.1, 0.15) is 23.3 Å². The van der Waals surface area contributed by atoms with Gasteiger partial charge in [-0.2, -0.15) is 11.8 Å². The van der Waals surface area contributed by atoms with Crippen molar-refractivity contribution in [2.75, 3.05) is 37.7 Å². The second-order valence-corrected chi connectivity index (χ2v) is 7.51. The maximum absolute atomic E-state index is 2.60. The lowest BCUT2D eigenvalue weighted by atomic mass is 10.3. The number of thioether (sulfide) groups is 1. The second-order valence-electron chi connectivity index (χ2n) is 5.29. The summed E-state index contributed by atoms with van der Waals surface area (Å²) in [5, 5.41) is 2.37. The van der Waals surface area contributed by atoms with E-state index in [1.54, 1.807) is 4.88 Å². The van der Waals surface area contributed by atoms with Gasteiger partial charge in [0.1, 0.15) is 0 Å². The molecule has 100 valence electrons. The molecule has 1 aromatic heterocycles. The van der Waals surface area contributed by atoms with E-state index in [4.69, 9.17) is 0 Å². The van der Waals surface area contributed by atoms with Crippen molar-refractivity contribution < 1.29 is 0 Å². The highest BCUT2D eigenvalue weighted by Gasteiger charge is 2.14. The fraction of sp³-hybridized carbons (Fsp3) is 0.714. The zero-order valence-corrected chi connectivity index (χ0v) is 12.6. The van der Waals surface area contributed by atoms with Crippen LogP contribution in [0.4, 0.5) is 0 Å². The van der Waals surface area contributed by atoms with Crippen LogP contribution < -0.4 is 0 Å². The van der Waals surface area contributed by atoms with Gasteiger partial charge in [0.2, 0.25) is 0 Å². The quantitative estimate of drug-likeness (QED) is 0.838. The summed E-state index contributed by atoms with van der Waals surface area (Å²) in [5.74, 6) is 2.62. The topological polar surface area (TPSA) is 6.48 Å². The molecule has 2 nitrogen and oxygen atoms in total. The van der Waals surface area contributed by atoms with E-state index >= 15 is 0 Å². The van der Waals surface area contributed by atoms with Crippen molar-refractivity contribution in [2.24, 2.45) is 0 Å². The Bertz CT molecular complexity index is 366. The second kappa shape index (κ2) is 6.42. The van der Waals surface area contributed by atoms with E-state index in [0.717, 1.165) is 0 Å². The first-order valence-corrected chi connectivity index (χ1v) is 9.02. The first-order valence-electron chi connectivity index (χ1n) is 6.99. The molecule has 18 heavy (non-hydrogen) atoms. The number of rotatable bonds is 4. The minimum absolute atomic E-state index is 1.17. The van der Waals surface area contributed by atoms with E-state index < -0.39 is 0 Å².